The Balaban J connectivity index is 1.80. The fraction of sp³-hybridized carbons (Fsp3) is 0.333. The second-order valence-corrected chi connectivity index (χ2v) is 6.12. The third-order valence-corrected chi connectivity index (χ3v) is 4.67. The number of fused-ring (bicyclic) bond motifs is 1. The first-order valence-corrected chi connectivity index (χ1v) is 8.38. The fourth-order valence-electron chi connectivity index (χ4n) is 3.45. The standard InChI is InChI=1S/C18H19N5O2/c1-3-13-15(11(2)25-22-13)18(24)23-8-6-14-16(21-10-20-14)17(23)12-5-4-7-19-9-12/h4-5,7,9-10,17H,3,6,8H2,1-2H3,(H,20,21)/t17-/m1/s1. The molecule has 1 atom stereocenters. The van der Waals surface area contributed by atoms with Gasteiger partial charge in [-0.05, 0) is 25.0 Å². The van der Waals surface area contributed by atoms with Gasteiger partial charge < -0.3 is 14.4 Å². The van der Waals surface area contributed by atoms with Gasteiger partial charge in [-0.15, -0.1) is 0 Å². The molecule has 25 heavy (non-hydrogen) atoms. The monoisotopic (exact) mass is 337 g/mol. The Bertz CT molecular complexity index is 899. The average Bonchev–Trinajstić information content (AvgIpc) is 3.27. The zero-order valence-corrected chi connectivity index (χ0v) is 14.2. The van der Waals surface area contributed by atoms with Gasteiger partial charge >= 0.3 is 0 Å². The van der Waals surface area contributed by atoms with Gasteiger partial charge in [-0.2, -0.15) is 0 Å². The predicted octanol–water partition coefficient (Wildman–Crippen LogP) is 2.45. The van der Waals surface area contributed by atoms with Gasteiger partial charge in [-0.25, -0.2) is 4.98 Å². The van der Waals surface area contributed by atoms with E-state index in [1.54, 1.807) is 25.6 Å². The molecule has 0 unspecified atom stereocenters. The van der Waals surface area contributed by atoms with Crippen LogP contribution in [0.15, 0.2) is 35.4 Å². The highest BCUT2D eigenvalue weighted by Crippen LogP contribution is 2.34. The van der Waals surface area contributed by atoms with Crippen LogP contribution in [0.5, 0.6) is 0 Å². The van der Waals surface area contributed by atoms with E-state index < -0.39 is 0 Å². The molecule has 7 nitrogen and oxygen atoms in total. The van der Waals surface area contributed by atoms with Crippen LogP contribution < -0.4 is 0 Å². The van der Waals surface area contributed by atoms with Gasteiger partial charge in [0, 0.05) is 31.1 Å². The molecule has 3 aromatic rings. The first-order valence-electron chi connectivity index (χ1n) is 8.38. The molecule has 0 aromatic carbocycles. The molecule has 1 aliphatic rings. The number of rotatable bonds is 3. The van der Waals surface area contributed by atoms with Gasteiger partial charge in [-0.3, -0.25) is 9.78 Å². The van der Waals surface area contributed by atoms with Crippen LogP contribution in [0, 0.1) is 6.92 Å². The number of nitrogens with one attached hydrogen (secondary N) is 1. The SMILES string of the molecule is CCc1noc(C)c1C(=O)N1CCc2[nH]cnc2[C@H]1c1cccnc1. The third kappa shape index (κ3) is 2.52. The number of aromatic amines is 1. The summed E-state index contributed by atoms with van der Waals surface area (Å²) in [5.41, 5.74) is 4.14. The molecule has 1 aliphatic heterocycles. The highest BCUT2D eigenvalue weighted by atomic mass is 16.5. The number of carbonyl (C=O) groups excluding carboxylic acids is 1. The van der Waals surface area contributed by atoms with E-state index in [0.717, 1.165) is 23.4 Å². The van der Waals surface area contributed by atoms with Crippen molar-refractivity contribution in [3.05, 3.63) is 64.8 Å². The van der Waals surface area contributed by atoms with E-state index in [-0.39, 0.29) is 11.9 Å². The van der Waals surface area contributed by atoms with Gasteiger partial charge in [-0.1, -0.05) is 18.1 Å². The van der Waals surface area contributed by atoms with Crippen molar-refractivity contribution >= 4 is 5.91 Å². The van der Waals surface area contributed by atoms with E-state index in [4.69, 9.17) is 4.52 Å². The molecule has 0 fully saturated rings. The van der Waals surface area contributed by atoms with Crippen LogP contribution >= 0.6 is 0 Å². The summed E-state index contributed by atoms with van der Waals surface area (Å²) in [6.45, 7) is 4.35. The second-order valence-electron chi connectivity index (χ2n) is 6.12. The Kier molecular flexibility index (Phi) is 3.83. The summed E-state index contributed by atoms with van der Waals surface area (Å²) in [6, 6.07) is 3.58. The van der Waals surface area contributed by atoms with Gasteiger partial charge in [0.15, 0.2) is 0 Å². The number of hydrogen-bond acceptors (Lipinski definition) is 5. The van der Waals surface area contributed by atoms with Gasteiger partial charge in [0.25, 0.3) is 5.91 Å². The third-order valence-electron chi connectivity index (χ3n) is 4.67. The zero-order valence-electron chi connectivity index (χ0n) is 14.2. The number of amides is 1. The van der Waals surface area contributed by atoms with E-state index in [1.165, 1.54) is 0 Å². The molecule has 0 radical (unpaired) electrons. The Morgan fingerprint density at radius 1 is 1.48 bits per heavy atom. The summed E-state index contributed by atoms with van der Waals surface area (Å²) < 4.78 is 5.26. The smallest absolute Gasteiger partial charge is 0.260 e. The van der Waals surface area contributed by atoms with Gasteiger partial charge in [0.05, 0.1) is 17.7 Å². The zero-order chi connectivity index (χ0) is 17.4. The molecule has 0 saturated heterocycles. The summed E-state index contributed by atoms with van der Waals surface area (Å²) in [5.74, 6) is 0.484. The van der Waals surface area contributed by atoms with Crippen molar-refractivity contribution in [2.24, 2.45) is 0 Å². The number of aryl methyl sites for hydroxylation is 2. The molecule has 0 saturated carbocycles. The van der Waals surface area contributed by atoms with Crippen LogP contribution in [0.1, 0.15) is 51.7 Å². The van der Waals surface area contributed by atoms with Crippen molar-refractivity contribution in [3.8, 4) is 0 Å². The Labute approximate surface area is 145 Å². The number of imidazole rings is 1. The van der Waals surface area contributed by atoms with E-state index in [2.05, 4.69) is 20.1 Å². The molecule has 3 aromatic heterocycles. The van der Waals surface area contributed by atoms with Crippen LogP contribution in [0.3, 0.4) is 0 Å². The molecule has 0 aliphatic carbocycles. The molecule has 1 amide bonds. The second kappa shape index (κ2) is 6.16. The molecule has 4 heterocycles. The molecule has 1 N–H and O–H groups in total. The van der Waals surface area contributed by atoms with Crippen LogP contribution in [-0.2, 0) is 12.8 Å². The molecule has 0 spiro atoms. The van der Waals surface area contributed by atoms with Crippen LogP contribution in [-0.4, -0.2) is 37.5 Å². The maximum atomic E-state index is 13.3. The van der Waals surface area contributed by atoms with E-state index in [0.29, 0.717) is 30.0 Å². The minimum Gasteiger partial charge on any atom is -0.361 e. The maximum absolute atomic E-state index is 13.3. The van der Waals surface area contributed by atoms with Crippen LogP contribution in [0.2, 0.25) is 0 Å². The molecule has 0 bridgehead atoms. The van der Waals surface area contributed by atoms with Gasteiger partial charge in [0.2, 0.25) is 0 Å². The lowest BCUT2D eigenvalue weighted by Crippen LogP contribution is -2.41. The molecule has 4 rings (SSSR count). The summed E-state index contributed by atoms with van der Waals surface area (Å²) in [5, 5.41) is 4.03. The Morgan fingerprint density at radius 3 is 3.12 bits per heavy atom. The first kappa shape index (κ1) is 15.6. The molecular formula is C18H19N5O2. The van der Waals surface area contributed by atoms with E-state index >= 15 is 0 Å². The lowest BCUT2D eigenvalue weighted by Gasteiger charge is -2.35. The minimum atomic E-state index is -0.268. The first-order chi connectivity index (χ1) is 12.2. The summed E-state index contributed by atoms with van der Waals surface area (Å²) in [6.07, 6.45) is 6.59. The van der Waals surface area contributed by atoms with Gasteiger partial charge in [0.1, 0.15) is 17.4 Å². The van der Waals surface area contributed by atoms with Crippen molar-refractivity contribution in [3.63, 3.8) is 0 Å². The minimum absolute atomic E-state index is 0.0712. The summed E-state index contributed by atoms with van der Waals surface area (Å²) in [7, 11) is 0. The topological polar surface area (TPSA) is 87.9 Å². The lowest BCUT2D eigenvalue weighted by molar-refractivity contribution is 0.0687. The predicted molar refractivity (Wildman–Crippen MR) is 90.0 cm³/mol. The van der Waals surface area contributed by atoms with E-state index in [1.807, 2.05) is 24.0 Å². The normalized spacial score (nSPS) is 16.7. The van der Waals surface area contributed by atoms with Crippen molar-refractivity contribution in [1.29, 1.82) is 0 Å². The molecule has 128 valence electrons. The Morgan fingerprint density at radius 2 is 2.36 bits per heavy atom. The average molecular weight is 337 g/mol. The summed E-state index contributed by atoms with van der Waals surface area (Å²) >= 11 is 0. The van der Waals surface area contributed by atoms with Crippen molar-refractivity contribution in [2.75, 3.05) is 6.54 Å². The number of nitrogens with zero attached hydrogens (tertiary/aromatic N) is 4. The summed E-state index contributed by atoms with van der Waals surface area (Å²) in [4.78, 5) is 27.1. The lowest BCUT2D eigenvalue weighted by atomic mass is 9.95. The largest absolute Gasteiger partial charge is 0.361 e. The quantitative estimate of drug-likeness (QED) is 0.793. The number of H-pyrrole nitrogens is 1. The highest BCUT2D eigenvalue weighted by molar-refractivity contribution is 5.96. The maximum Gasteiger partial charge on any atom is 0.260 e. The number of carbonyl (C=O) groups is 1. The van der Waals surface area contributed by atoms with E-state index in [9.17, 15) is 4.79 Å². The van der Waals surface area contributed by atoms with Crippen LogP contribution in [0.4, 0.5) is 0 Å². The van der Waals surface area contributed by atoms with Crippen molar-refractivity contribution in [1.82, 2.24) is 25.0 Å². The highest BCUT2D eigenvalue weighted by Gasteiger charge is 2.36. The Hall–Kier alpha value is -2.96. The number of aromatic nitrogens is 4. The number of pyridine rings is 1. The van der Waals surface area contributed by atoms with Crippen LogP contribution in [0.25, 0.3) is 0 Å². The number of hydrogen-bond donors (Lipinski definition) is 1. The molecule has 7 heteroatoms. The molecular weight excluding hydrogens is 318 g/mol. The van der Waals surface area contributed by atoms with Crippen molar-refractivity contribution in [2.45, 2.75) is 32.7 Å². The van der Waals surface area contributed by atoms with Crippen molar-refractivity contribution < 1.29 is 9.32 Å². The fourth-order valence-corrected chi connectivity index (χ4v) is 3.45.